The second kappa shape index (κ2) is 4.80. The van der Waals surface area contributed by atoms with E-state index in [0.29, 0.717) is 12.8 Å². The van der Waals surface area contributed by atoms with Crippen LogP contribution in [0.5, 0.6) is 0 Å². The van der Waals surface area contributed by atoms with Gasteiger partial charge in [-0.3, -0.25) is 4.79 Å². The number of halogens is 1. The predicted molar refractivity (Wildman–Crippen MR) is 67.9 cm³/mol. The van der Waals surface area contributed by atoms with Crippen molar-refractivity contribution in [1.29, 1.82) is 0 Å². The number of ether oxygens (including phenoxy) is 1. The van der Waals surface area contributed by atoms with Crippen molar-refractivity contribution in [1.82, 2.24) is 0 Å². The molecule has 1 fully saturated rings. The monoisotopic (exact) mass is 260 g/mol. The van der Waals surface area contributed by atoms with Crippen molar-refractivity contribution in [2.75, 3.05) is 0 Å². The van der Waals surface area contributed by atoms with Gasteiger partial charge in [-0.15, -0.1) is 0 Å². The van der Waals surface area contributed by atoms with Crippen LogP contribution in [0.4, 0.5) is 4.39 Å². The molecule has 0 aliphatic heterocycles. The smallest absolute Gasteiger partial charge is 0.315 e. The Morgan fingerprint density at radius 2 is 1.67 bits per heavy atom. The summed E-state index contributed by atoms with van der Waals surface area (Å²) >= 11 is 0. The van der Waals surface area contributed by atoms with E-state index in [1.165, 1.54) is 0 Å². The summed E-state index contributed by atoms with van der Waals surface area (Å²) in [5, 5.41) is 9.45. The van der Waals surface area contributed by atoms with E-state index in [9.17, 15) is 14.3 Å². The van der Waals surface area contributed by atoms with E-state index in [-0.39, 0.29) is 12.8 Å². The van der Waals surface area contributed by atoms with E-state index >= 15 is 0 Å². The second-order valence-electron chi connectivity index (χ2n) is 6.82. The lowest BCUT2D eigenvalue weighted by molar-refractivity contribution is -0.179. The van der Waals surface area contributed by atoms with E-state index in [0.717, 1.165) is 0 Å². The Morgan fingerprint density at radius 3 is 2.06 bits per heavy atom. The van der Waals surface area contributed by atoms with Gasteiger partial charge in [0.2, 0.25) is 0 Å². The lowest BCUT2D eigenvalue weighted by Crippen LogP contribution is -2.51. The van der Waals surface area contributed by atoms with E-state index < -0.39 is 28.8 Å². The van der Waals surface area contributed by atoms with Crippen molar-refractivity contribution < 1.29 is 19.0 Å². The molecule has 18 heavy (non-hydrogen) atoms. The van der Waals surface area contributed by atoms with Crippen LogP contribution in [0.15, 0.2) is 0 Å². The molecule has 0 aromatic heterocycles. The van der Waals surface area contributed by atoms with Gasteiger partial charge < -0.3 is 9.84 Å². The molecule has 0 saturated heterocycles. The zero-order valence-electron chi connectivity index (χ0n) is 12.0. The molecule has 0 spiro atoms. The van der Waals surface area contributed by atoms with Crippen LogP contribution in [0.2, 0.25) is 0 Å². The maximum absolute atomic E-state index is 14.9. The molecule has 3 nitrogen and oxygen atoms in total. The van der Waals surface area contributed by atoms with Gasteiger partial charge in [-0.25, -0.2) is 4.39 Å². The maximum Gasteiger partial charge on any atom is 0.315 e. The minimum Gasteiger partial charge on any atom is -0.459 e. The molecular formula is C14H25FO3. The first kappa shape index (κ1) is 15.4. The number of aliphatic hydroxyl groups is 1. The Balaban J connectivity index is 2.81. The van der Waals surface area contributed by atoms with Crippen LogP contribution >= 0.6 is 0 Å². The van der Waals surface area contributed by atoms with Crippen LogP contribution in [0.25, 0.3) is 0 Å². The third kappa shape index (κ3) is 3.22. The first-order chi connectivity index (χ1) is 7.98. The average molecular weight is 260 g/mol. The number of alkyl halides is 1. The molecule has 1 aliphatic rings. The van der Waals surface area contributed by atoms with Gasteiger partial charge in [-0.1, -0.05) is 0 Å². The molecule has 1 rings (SSSR count). The molecular weight excluding hydrogens is 235 g/mol. The van der Waals surface area contributed by atoms with Crippen molar-refractivity contribution in [3.63, 3.8) is 0 Å². The number of carbonyl (C=O) groups excluding carboxylic acids is 1. The molecule has 0 heterocycles. The molecule has 1 N–H and O–H groups in total. The first-order valence-electron chi connectivity index (χ1n) is 6.58. The largest absolute Gasteiger partial charge is 0.459 e. The van der Waals surface area contributed by atoms with Gasteiger partial charge in [0, 0.05) is 0 Å². The molecule has 0 radical (unpaired) electrons. The molecule has 0 bridgehead atoms. The second-order valence-corrected chi connectivity index (χ2v) is 6.82. The Kier molecular flexibility index (Phi) is 4.11. The van der Waals surface area contributed by atoms with E-state index in [1.807, 2.05) is 0 Å². The fraction of sp³-hybridized carbons (Fsp3) is 0.929. The lowest BCUT2D eigenvalue weighted by Gasteiger charge is -2.43. The van der Waals surface area contributed by atoms with Crippen LogP contribution < -0.4 is 0 Å². The highest BCUT2D eigenvalue weighted by Crippen LogP contribution is 2.46. The number of hydrogen-bond donors (Lipinski definition) is 1. The van der Waals surface area contributed by atoms with Gasteiger partial charge in [-0.2, -0.15) is 0 Å². The molecule has 0 aromatic rings. The number of rotatable bonds is 2. The highest BCUT2D eigenvalue weighted by Gasteiger charge is 2.53. The standard InChI is InChI=1S/C14H25FO3/c1-12(2,3)18-11(17)13(4,5)14(15)8-6-10(16)7-9-14/h10,16H,6-9H2,1-5H3/t10-,14-. The summed E-state index contributed by atoms with van der Waals surface area (Å²) in [6.45, 7) is 8.51. The van der Waals surface area contributed by atoms with Gasteiger partial charge in [0.25, 0.3) is 0 Å². The minimum atomic E-state index is -1.59. The summed E-state index contributed by atoms with van der Waals surface area (Å²) in [7, 11) is 0. The van der Waals surface area contributed by atoms with Crippen molar-refractivity contribution >= 4 is 5.97 Å². The topological polar surface area (TPSA) is 46.5 Å². The Bertz CT molecular complexity index is 309. The number of esters is 1. The third-order valence-corrected chi connectivity index (χ3v) is 3.78. The van der Waals surface area contributed by atoms with Crippen molar-refractivity contribution in [3.8, 4) is 0 Å². The Morgan fingerprint density at radius 1 is 1.22 bits per heavy atom. The molecule has 0 atom stereocenters. The third-order valence-electron chi connectivity index (χ3n) is 3.78. The molecule has 1 aliphatic carbocycles. The maximum atomic E-state index is 14.9. The normalized spacial score (nSPS) is 30.1. The van der Waals surface area contributed by atoms with Crippen LogP contribution in [0.3, 0.4) is 0 Å². The fourth-order valence-corrected chi connectivity index (χ4v) is 2.27. The average Bonchev–Trinajstić information content (AvgIpc) is 2.20. The van der Waals surface area contributed by atoms with Gasteiger partial charge in [-0.05, 0) is 60.3 Å². The highest BCUT2D eigenvalue weighted by atomic mass is 19.1. The van der Waals surface area contributed by atoms with E-state index in [2.05, 4.69) is 0 Å². The molecule has 0 unspecified atom stereocenters. The fourth-order valence-electron chi connectivity index (χ4n) is 2.27. The highest BCUT2D eigenvalue weighted by molar-refractivity contribution is 5.78. The van der Waals surface area contributed by atoms with Gasteiger partial charge in [0.1, 0.15) is 11.3 Å². The zero-order chi connectivity index (χ0) is 14.2. The van der Waals surface area contributed by atoms with Crippen LogP contribution in [-0.4, -0.2) is 28.4 Å². The SMILES string of the molecule is CC(C)(C)OC(=O)C(C)(C)[C@]1(F)CC[C@H](O)CC1. The molecule has 4 heteroatoms. The Hall–Kier alpha value is -0.640. The van der Waals surface area contributed by atoms with Crippen molar-refractivity contribution in [2.24, 2.45) is 5.41 Å². The van der Waals surface area contributed by atoms with Gasteiger partial charge in [0.15, 0.2) is 0 Å². The van der Waals surface area contributed by atoms with Crippen LogP contribution in [0.1, 0.15) is 60.3 Å². The summed E-state index contributed by atoms with van der Waals surface area (Å²) in [5.41, 5.74) is -3.38. The summed E-state index contributed by atoms with van der Waals surface area (Å²) in [5.74, 6) is -0.506. The molecule has 0 amide bonds. The lowest BCUT2D eigenvalue weighted by atomic mass is 9.68. The number of aliphatic hydroxyl groups excluding tert-OH is 1. The van der Waals surface area contributed by atoms with Gasteiger partial charge in [0.05, 0.1) is 11.5 Å². The first-order valence-corrected chi connectivity index (χ1v) is 6.58. The number of hydrogen-bond acceptors (Lipinski definition) is 3. The zero-order valence-corrected chi connectivity index (χ0v) is 12.0. The van der Waals surface area contributed by atoms with Gasteiger partial charge >= 0.3 is 5.97 Å². The summed E-state index contributed by atoms with van der Waals surface area (Å²) in [4.78, 5) is 12.1. The molecule has 106 valence electrons. The van der Waals surface area contributed by atoms with Crippen molar-refractivity contribution in [3.05, 3.63) is 0 Å². The minimum absolute atomic E-state index is 0.209. The predicted octanol–water partition coefficient (Wildman–Crippen LogP) is 3.00. The quantitative estimate of drug-likeness (QED) is 0.776. The van der Waals surface area contributed by atoms with Crippen LogP contribution in [0, 0.1) is 5.41 Å². The van der Waals surface area contributed by atoms with E-state index in [4.69, 9.17) is 4.74 Å². The van der Waals surface area contributed by atoms with Crippen LogP contribution in [-0.2, 0) is 9.53 Å². The summed E-state index contributed by atoms with van der Waals surface area (Å²) < 4.78 is 20.2. The molecule has 0 aromatic carbocycles. The Labute approximate surface area is 109 Å². The molecule has 1 saturated carbocycles. The van der Waals surface area contributed by atoms with Crippen molar-refractivity contribution in [2.45, 2.75) is 77.7 Å². The summed E-state index contributed by atoms with van der Waals surface area (Å²) in [6.07, 6.45) is 0.787. The van der Waals surface area contributed by atoms with E-state index in [1.54, 1.807) is 34.6 Å². The summed E-state index contributed by atoms with van der Waals surface area (Å²) in [6, 6.07) is 0. The number of carbonyl (C=O) groups is 1.